The van der Waals surface area contributed by atoms with Gasteiger partial charge < -0.3 is 10.3 Å². The van der Waals surface area contributed by atoms with Gasteiger partial charge in [0.1, 0.15) is 0 Å². The van der Waals surface area contributed by atoms with Crippen molar-refractivity contribution in [1.82, 2.24) is 5.06 Å². The molecule has 0 bridgehead atoms. The molecule has 2 nitrogen and oxygen atoms in total. The predicted molar refractivity (Wildman–Crippen MR) is 126 cm³/mol. The van der Waals surface area contributed by atoms with Crippen molar-refractivity contribution < 1.29 is 0 Å². The Bertz CT molecular complexity index is 301. The molecule has 0 heterocycles. The number of hydrogen-bond acceptors (Lipinski definition) is 2. The summed E-state index contributed by atoms with van der Waals surface area (Å²) in [6, 6.07) is 0. The Morgan fingerprint density at radius 1 is 0.571 bits per heavy atom. The van der Waals surface area contributed by atoms with Crippen molar-refractivity contribution in [3.8, 4) is 0 Å². The van der Waals surface area contributed by atoms with Crippen molar-refractivity contribution in [3.63, 3.8) is 0 Å². The summed E-state index contributed by atoms with van der Waals surface area (Å²) in [6.07, 6.45) is 30.4. The van der Waals surface area contributed by atoms with Gasteiger partial charge in [0, 0.05) is 0 Å². The van der Waals surface area contributed by atoms with E-state index in [-0.39, 0.29) is 0 Å². The second kappa shape index (κ2) is 20.2. The average Bonchev–Trinajstić information content (AvgIpc) is 2.71. The standard InChI is InChI=1S/C26H52NO/c1-2-3-4-5-6-7-8-9-10-11-12-13-14-15-16-17-21-24-27(28)25-26-22-19-18-20-23-26/h26H,2-25H2,1H3/q-1. The molecule has 1 rings (SSSR count). The van der Waals surface area contributed by atoms with Crippen LogP contribution in [0, 0.1) is 11.1 Å². The fraction of sp³-hybridized carbons (Fsp3) is 1.00. The monoisotopic (exact) mass is 394 g/mol. The second-order valence-electron chi connectivity index (χ2n) is 9.55. The molecule has 0 aromatic rings. The van der Waals surface area contributed by atoms with E-state index in [1.165, 1.54) is 140 Å². The number of nitrogens with zero attached hydrogens (tertiary/aromatic N) is 1. The van der Waals surface area contributed by atoms with Gasteiger partial charge in [0.05, 0.1) is 0 Å². The first-order valence-electron chi connectivity index (χ1n) is 13.2. The molecule has 1 aliphatic carbocycles. The molecule has 1 fully saturated rings. The van der Waals surface area contributed by atoms with E-state index < -0.39 is 0 Å². The summed E-state index contributed by atoms with van der Waals surface area (Å²) in [7, 11) is 0. The normalized spacial score (nSPS) is 15.5. The van der Waals surface area contributed by atoms with Gasteiger partial charge >= 0.3 is 0 Å². The molecule has 0 unspecified atom stereocenters. The Balaban J connectivity index is 1.70. The van der Waals surface area contributed by atoms with Gasteiger partial charge in [-0.05, 0) is 38.3 Å². The lowest BCUT2D eigenvalue weighted by Crippen LogP contribution is -2.26. The van der Waals surface area contributed by atoms with Crippen LogP contribution in [0.2, 0.25) is 0 Å². The summed E-state index contributed by atoms with van der Waals surface area (Å²) in [5.41, 5.74) is 0. The zero-order valence-corrected chi connectivity index (χ0v) is 19.4. The molecule has 0 aromatic heterocycles. The third-order valence-electron chi connectivity index (χ3n) is 6.70. The van der Waals surface area contributed by atoms with Gasteiger partial charge in [-0.15, -0.1) is 0 Å². The van der Waals surface area contributed by atoms with Gasteiger partial charge in [-0.25, -0.2) is 0 Å². The summed E-state index contributed by atoms with van der Waals surface area (Å²) < 4.78 is 0. The van der Waals surface area contributed by atoms with E-state index in [1.807, 2.05) is 0 Å². The summed E-state index contributed by atoms with van der Waals surface area (Å²) in [5.74, 6) is 0.692. The maximum Gasteiger partial charge on any atom is -0.0116 e. The van der Waals surface area contributed by atoms with Crippen LogP contribution in [0.15, 0.2) is 0 Å². The lowest BCUT2D eigenvalue weighted by Gasteiger charge is -2.34. The van der Waals surface area contributed by atoms with Crippen LogP contribution < -0.4 is 0 Å². The molecule has 168 valence electrons. The fourth-order valence-corrected chi connectivity index (χ4v) is 4.76. The predicted octanol–water partition coefficient (Wildman–Crippen LogP) is 9.02. The van der Waals surface area contributed by atoms with Crippen LogP contribution in [0.25, 0.3) is 0 Å². The number of rotatable bonds is 20. The summed E-state index contributed by atoms with van der Waals surface area (Å²) in [5, 5.41) is 13.4. The highest BCUT2D eigenvalue weighted by Crippen LogP contribution is 2.24. The van der Waals surface area contributed by atoms with Crippen molar-refractivity contribution >= 4 is 0 Å². The van der Waals surface area contributed by atoms with E-state index >= 15 is 0 Å². The Kier molecular flexibility index (Phi) is 18.7. The van der Waals surface area contributed by atoms with E-state index in [4.69, 9.17) is 0 Å². The van der Waals surface area contributed by atoms with Crippen LogP contribution in [-0.4, -0.2) is 18.2 Å². The molecule has 0 saturated heterocycles. The number of unbranched alkanes of at least 4 members (excludes halogenated alkanes) is 16. The molecule has 28 heavy (non-hydrogen) atoms. The first-order chi connectivity index (χ1) is 13.8. The SMILES string of the molecule is CCCCCCCCCCCCCCCCCCCN([O-])CC1CCCCC1. The molecule has 0 aromatic carbocycles. The van der Waals surface area contributed by atoms with Gasteiger partial charge in [-0.1, -0.05) is 129 Å². The molecule has 1 saturated carbocycles. The van der Waals surface area contributed by atoms with Crippen LogP contribution in [0.3, 0.4) is 0 Å². The zero-order chi connectivity index (χ0) is 20.1. The van der Waals surface area contributed by atoms with Crippen molar-refractivity contribution in [2.75, 3.05) is 13.1 Å². The molecule has 0 atom stereocenters. The van der Waals surface area contributed by atoms with E-state index in [9.17, 15) is 5.21 Å². The fourth-order valence-electron chi connectivity index (χ4n) is 4.76. The van der Waals surface area contributed by atoms with Crippen LogP contribution in [0.1, 0.15) is 148 Å². The first kappa shape index (κ1) is 26.0. The topological polar surface area (TPSA) is 26.3 Å². The van der Waals surface area contributed by atoms with Gasteiger partial charge in [-0.3, -0.25) is 0 Å². The average molecular weight is 395 g/mol. The molecular formula is C26H52NO-. The molecule has 0 spiro atoms. The van der Waals surface area contributed by atoms with Crippen molar-refractivity contribution in [2.24, 2.45) is 5.92 Å². The lowest BCUT2D eigenvalue weighted by atomic mass is 9.89. The maximum absolute atomic E-state index is 12.0. The van der Waals surface area contributed by atoms with Crippen LogP contribution >= 0.6 is 0 Å². The summed E-state index contributed by atoms with van der Waals surface area (Å²) in [6.45, 7) is 3.87. The Labute approximate surface area is 177 Å². The highest BCUT2D eigenvalue weighted by atomic mass is 16.5. The van der Waals surface area contributed by atoms with Gasteiger partial charge in [0.2, 0.25) is 0 Å². The highest BCUT2D eigenvalue weighted by Gasteiger charge is 2.13. The zero-order valence-electron chi connectivity index (χ0n) is 19.4. The van der Waals surface area contributed by atoms with E-state index in [0.29, 0.717) is 5.92 Å². The van der Waals surface area contributed by atoms with E-state index in [0.717, 1.165) is 19.5 Å². The Morgan fingerprint density at radius 3 is 1.39 bits per heavy atom. The molecular weight excluding hydrogens is 342 g/mol. The Hall–Kier alpha value is -0.0800. The minimum Gasteiger partial charge on any atom is -0.785 e. The highest BCUT2D eigenvalue weighted by molar-refractivity contribution is 4.70. The lowest BCUT2D eigenvalue weighted by molar-refractivity contribution is 0.251. The van der Waals surface area contributed by atoms with Crippen LogP contribution in [0.4, 0.5) is 0 Å². The quantitative estimate of drug-likeness (QED) is 0.152. The van der Waals surface area contributed by atoms with Crippen molar-refractivity contribution in [1.29, 1.82) is 0 Å². The minimum absolute atomic E-state index is 0.692. The van der Waals surface area contributed by atoms with Gasteiger partial charge in [-0.2, -0.15) is 0 Å². The molecule has 0 radical (unpaired) electrons. The van der Waals surface area contributed by atoms with Crippen LogP contribution in [0.5, 0.6) is 0 Å². The molecule has 0 N–H and O–H groups in total. The number of hydroxylamine groups is 2. The largest absolute Gasteiger partial charge is 0.785 e. The Morgan fingerprint density at radius 2 is 0.964 bits per heavy atom. The smallest absolute Gasteiger partial charge is 0.0116 e. The summed E-state index contributed by atoms with van der Waals surface area (Å²) >= 11 is 0. The van der Waals surface area contributed by atoms with Crippen molar-refractivity contribution in [3.05, 3.63) is 5.21 Å². The third-order valence-corrected chi connectivity index (χ3v) is 6.70. The van der Waals surface area contributed by atoms with E-state index in [2.05, 4.69) is 6.92 Å². The molecule has 1 aliphatic rings. The van der Waals surface area contributed by atoms with Gasteiger partial charge in [0.15, 0.2) is 0 Å². The first-order valence-corrected chi connectivity index (χ1v) is 13.2. The molecule has 0 aliphatic heterocycles. The third kappa shape index (κ3) is 16.8. The number of hydrogen-bond donors (Lipinski definition) is 0. The van der Waals surface area contributed by atoms with Crippen molar-refractivity contribution in [2.45, 2.75) is 148 Å². The second-order valence-corrected chi connectivity index (χ2v) is 9.55. The van der Waals surface area contributed by atoms with Gasteiger partial charge in [0.25, 0.3) is 0 Å². The van der Waals surface area contributed by atoms with E-state index in [1.54, 1.807) is 0 Å². The molecule has 2 heteroatoms. The maximum atomic E-state index is 12.0. The minimum atomic E-state index is 0.692. The summed E-state index contributed by atoms with van der Waals surface area (Å²) in [4.78, 5) is 0. The molecule has 0 amide bonds. The van der Waals surface area contributed by atoms with Crippen LogP contribution in [-0.2, 0) is 0 Å².